The number of hydrogen-bond acceptors (Lipinski definition) is 15. The summed E-state index contributed by atoms with van der Waals surface area (Å²) in [6, 6.07) is 1.07. The maximum Gasteiger partial charge on any atom is 0.245 e. The number of likely N-dealkylation sites (tertiary alicyclic amines) is 1. The fourth-order valence-electron chi connectivity index (χ4n) is 10.5. The Kier molecular flexibility index (Phi) is 25.8. The molecule has 0 aliphatic carbocycles. The summed E-state index contributed by atoms with van der Waals surface area (Å²) in [6.45, 7) is 4.31. The average Bonchev–Trinajstić information content (AvgIpc) is 4.49. The number of aromatic nitrogens is 3. The van der Waals surface area contributed by atoms with Crippen LogP contribution < -0.4 is 64.6 Å². The Labute approximate surface area is 513 Å². The number of benzene rings is 2. The summed E-state index contributed by atoms with van der Waals surface area (Å²) >= 11 is 0. The smallest absolute Gasteiger partial charge is 0.245 e. The number of aromatic hydroxyl groups is 1. The lowest BCUT2D eigenvalue weighted by Crippen LogP contribution is -2.61. The minimum absolute atomic E-state index is 0.0182. The number of phenolic OH excluding ortho intramolecular Hbond substituents is 1. The van der Waals surface area contributed by atoms with E-state index in [0.717, 1.165) is 0 Å². The molecule has 6 rings (SSSR count). The first kappa shape index (κ1) is 68.5. The molecule has 0 bridgehead atoms. The summed E-state index contributed by atoms with van der Waals surface area (Å²) in [7, 11) is 0. The maximum absolute atomic E-state index is 14.7. The van der Waals surface area contributed by atoms with Gasteiger partial charge in [0.05, 0.1) is 19.5 Å². The molecule has 4 heterocycles. The lowest BCUT2D eigenvalue weighted by Gasteiger charge is -2.30. The quantitative estimate of drug-likeness (QED) is 0.0129. The number of phenols is 1. The molecule has 9 atom stereocenters. The van der Waals surface area contributed by atoms with Gasteiger partial charge in [-0.1, -0.05) is 63.9 Å². The minimum atomic E-state index is -1.77. The highest BCUT2D eigenvalue weighted by Gasteiger charge is 2.40. The molecule has 4 aromatic rings. The van der Waals surface area contributed by atoms with Crippen molar-refractivity contribution < 1.29 is 63.0 Å². The van der Waals surface area contributed by atoms with Crippen LogP contribution in [0.25, 0.3) is 10.9 Å². The summed E-state index contributed by atoms with van der Waals surface area (Å²) in [4.78, 5) is 163. The van der Waals surface area contributed by atoms with Gasteiger partial charge >= 0.3 is 0 Å². The number of hydrogen-bond donors (Lipinski definition) is 17. The Morgan fingerprint density at radius 2 is 1.31 bits per heavy atom. The number of unbranched alkanes of at least 4 members (excludes halogenated alkanes) is 1. The molecule has 2 aromatic heterocycles. The molecule has 0 radical (unpaired) electrons. The van der Waals surface area contributed by atoms with Gasteiger partial charge in [0, 0.05) is 67.8 Å². The first-order chi connectivity index (χ1) is 42.5. The Morgan fingerprint density at radius 1 is 0.708 bits per heavy atom. The van der Waals surface area contributed by atoms with Crippen LogP contribution in [0.3, 0.4) is 0 Å². The van der Waals surface area contributed by atoms with Crippen LogP contribution in [0.2, 0.25) is 0 Å². The molecule has 0 spiro atoms. The van der Waals surface area contributed by atoms with E-state index in [1.807, 2.05) is 6.92 Å². The van der Waals surface area contributed by atoms with E-state index >= 15 is 0 Å². The van der Waals surface area contributed by atoms with Gasteiger partial charge in [-0.2, -0.15) is 0 Å². The van der Waals surface area contributed by atoms with Crippen molar-refractivity contribution in [3.63, 3.8) is 0 Å². The molecule has 2 saturated heterocycles. The SMILES string of the molecule is CCCC[C@H](NC(=O)[C@H](Cc1ccc(O)cc1)NC(=O)[C@H](CO)NC(=O)[C@H](Cc1c[nH]c2ccccc12)NC(=O)[C@H](Cc1cnc[nH]1)NC(=O)[C@@H]1CCC(=O)N1)C(=O)N[C@@H](CC(C)C)C(=O)N[C@@H](CCCNC(=N)N)C(=O)N1CCC[C@H]1C(=O)NCC(N)=O. The van der Waals surface area contributed by atoms with Crippen molar-refractivity contribution in [1.29, 1.82) is 5.41 Å². The predicted octanol–water partition coefficient (Wildman–Crippen LogP) is -2.62. The molecule has 2 fully saturated rings. The van der Waals surface area contributed by atoms with Crippen molar-refractivity contribution in [3.8, 4) is 5.75 Å². The Hall–Kier alpha value is -9.61. The van der Waals surface area contributed by atoms with E-state index in [0.29, 0.717) is 47.0 Å². The van der Waals surface area contributed by atoms with Gasteiger partial charge in [0.15, 0.2) is 5.96 Å². The van der Waals surface area contributed by atoms with E-state index in [1.165, 1.54) is 41.7 Å². The van der Waals surface area contributed by atoms with Crippen molar-refractivity contribution in [1.82, 2.24) is 73.0 Å². The maximum atomic E-state index is 14.7. The topological polar surface area (TPSA) is 472 Å². The van der Waals surface area contributed by atoms with E-state index in [1.54, 1.807) is 44.3 Å². The summed E-state index contributed by atoms with van der Waals surface area (Å²) in [5, 5.41) is 55.6. The molecular formula is C59H83N17O13. The minimum Gasteiger partial charge on any atom is -0.508 e. The summed E-state index contributed by atoms with van der Waals surface area (Å²) in [5.41, 5.74) is 12.9. The second-order valence-corrected chi connectivity index (χ2v) is 22.6. The third-order valence-corrected chi connectivity index (χ3v) is 15.2. The molecule has 30 heteroatoms. The molecule has 19 N–H and O–H groups in total. The van der Waals surface area contributed by atoms with Crippen LogP contribution in [0.1, 0.15) is 102 Å². The Morgan fingerprint density at radius 3 is 1.94 bits per heavy atom. The van der Waals surface area contributed by atoms with E-state index < -0.39 is 127 Å². The highest BCUT2D eigenvalue weighted by atomic mass is 16.3. The van der Waals surface area contributed by atoms with E-state index in [4.69, 9.17) is 16.9 Å². The number of amides is 11. The number of fused-ring (bicyclic) bond motifs is 1. The van der Waals surface area contributed by atoms with Gasteiger partial charge in [-0.15, -0.1) is 0 Å². The first-order valence-electron chi connectivity index (χ1n) is 29.8. The summed E-state index contributed by atoms with van der Waals surface area (Å²) in [6.07, 6.45) is 6.26. The van der Waals surface area contributed by atoms with Crippen LogP contribution in [0, 0.1) is 11.3 Å². The van der Waals surface area contributed by atoms with Gasteiger partial charge in [0.2, 0.25) is 65.0 Å². The predicted molar refractivity (Wildman–Crippen MR) is 323 cm³/mol. The number of imidazole rings is 1. The highest BCUT2D eigenvalue weighted by molar-refractivity contribution is 5.99. The monoisotopic (exact) mass is 1240 g/mol. The van der Waals surface area contributed by atoms with E-state index in [2.05, 4.69) is 68.1 Å². The first-order valence-corrected chi connectivity index (χ1v) is 29.8. The lowest BCUT2D eigenvalue weighted by atomic mass is 10.00. The second-order valence-electron chi connectivity index (χ2n) is 22.6. The number of nitrogens with two attached hydrogens (primary N) is 2. The molecule has 482 valence electrons. The molecular weight excluding hydrogens is 1150 g/mol. The molecule has 11 amide bonds. The zero-order chi connectivity index (χ0) is 64.7. The number of aliphatic hydroxyl groups excluding tert-OH is 1. The van der Waals surface area contributed by atoms with Gasteiger partial charge in [-0.25, -0.2) is 4.98 Å². The van der Waals surface area contributed by atoms with Crippen molar-refractivity contribution >= 4 is 81.8 Å². The fraction of sp³-hybridized carbons (Fsp3) is 0.508. The lowest BCUT2D eigenvalue weighted by molar-refractivity contribution is -0.142. The molecule has 2 aliphatic heterocycles. The van der Waals surface area contributed by atoms with Gasteiger partial charge in [0.1, 0.15) is 60.1 Å². The molecule has 30 nitrogen and oxygen atoms in total. The number of carbonyl (C=O) groups is 11. The third kappa shape index (κ3) is 20.8. The second kappa shape index (κ2) is 33.5. The number of para-hydroxylation sites is 1. The standard InChI is InChI=1S/C59H83N17O13/c1-4-5-11-39(50(81)71-42(23-32(2)3)52(83)70-41(13-8-21-64-59(61)62)58(89)76-22-9-14-47(76)57(88)66-29-48(60)79)69-53(84)43(24-33-15-17-36(78)18-16-33)72-56(87)46(30-77)75-54(85)44(25-34-27-65-38-12-7-6-10-37(34)38)73-55(86)45(26-35-28-63-31-67-35)74-51(82)40-19-20-49(80)68-40/h6-7,10,12,15-18,27-28,31-32,39-47,65,77-78H,4-5,8-9,11,13-14,19-26,29-30H2,1-3H3,(H2,60,79)(H,63,67)(H,66,88)(H,68,80)(H,69,84)(H,70,83)(H,71,81)(H,72,87)(H,73,86)(H,74,82)(H,75,85)(H4,61,62,64)/t39-,40-,41-,42-,43-,44-,45-,46-,47-/m0/s1. The Balaban J connectivity index is 1.22. The normalized spacial score (nSPS) is 16.9. The number of carbonyl (C=O) groups excluding carboxylic acids is 11. The number of primary amides is 1. The molecule has 89 heavy (non-hydrogen) atoms. The molecule has 0 unspecified atom stereocenters. The number of nitrogens with one attached hydrogen (secondary N) is 13. The van der Waals surface area contributed by atoms with Crippen molar-refractivity contribution in [2.45, 2.75) is 159 Å². The number of H-pyrrole nitrogens is 2. The van der Waals surface area contributed by atoms with Crippen LogP contribution in [0.15, 0.2) is 67.3 Å². The fourth-order valence-corrected chi connectivity index (χ4v) is 10.5. The van der Waals surface area contributed by atoms with Crippen molar-refractivity contribution in [2.75, 3.05) is 26.2 Å². The highest BCUT2D eigenvalue weighted by Crippen LogP contribution is 2.22. The summed E-state index contributed by atoms with van der Waals surface area (Å²) in [5.74, 6) is -8.87. The summed E-state index contributed by atoms with van der Waals surface area (Å²) < 4.78 is 0. The molecule has 0 saturated carbocycles. The number of aromatic amines is 2. The Bertz CT molecular complexity index is 3140. The average molecular weight is 1240 g/mol. The molecule has 2 aliphatic rings. The van der Waals surface area contributed by atoms with E-state index in [9.17, 15) is 63.0 Å². The third-order valence-electron chi connectivity index (χ3n) is 15.2. The number of nitrogens with zero attached hydrogens (tertiary/aromatic N) is 2. The van der Waals surface area contributed by atoms with Crippen LogP contribution in [0.4, 0.5) is 0 Å². The van der Waals surface area contributed by atoms with Crippen LogP contribution in [-0.2, 0) is 72.0 Å². The van der Waals surface area contributed by atoms with Crippen LogP contribution in [0.5, 0.6) is 5.75 Å². The van der Waals surface area contributed by atoms with Gasteiger partial charge in [-0.05, 0) is 80.2 Å². The zero-order valence-corrected chi connectivity index (χ0v) is 50.1. The van der Waals surface area contributed by atoms with Gasteiger partial charge in [0.25, 0.3) is 0 Å². The zero-order valence-electron chi connectivity index (χ0n) is 50.1. The van der Waals surface area contributed by atoms with Gasteiger partial charge in [-0.3, -0.25) is 58.1 Å². The van der Waals surface area contributed by atoms with Crippen LogP contribution >= 0.6 is 0 Å². The number of guanidine groups is 1. The van der Waals surface area contributed by atoms with Crippen LogP contribution in [-0.4, -0.2) is 182 Å². The largest absolute Gasteiger partial charge is 0.508 e. The molecule has 2 aromatic carbocycles. The number of aliphatic hydroxyl groups is 1. The van der Waals surface area contributed by atoms with Crippen molar-refractivity contribution in [3.05, 3.63) is 84.1 Å². The van der Waals surface area contributed by atoms with Crippen molar-refractivity contribution in [2.24, 2.45) is 17.4 Å². The van der Waals surface area contributed by atoms with Gasteiger partial charge < -0.3 is 89.7 Å². The van der Waals surface area contributed by atoms with E-state index in [-0.39, 0.29) is 101 Å². The number of rotatable bonds is 34.